The molecule has 1 aromatic heterocycles. The molecule has 1 fully saturated rings. The molecule has 0 unspecified atom stereocenters. The Bertz CT molecular complexity index is 695. The van der Waals surface area contributed by atoms with Crippen LogP contribution in [0.5, 0.6) is 0 Å². The second-order valence-corrected chi connectivity index (χ2v) is 6.76. The third-order valence-corrected chi connectivity index (χ3v) is 5.02. The number of anilines is 1. The molecule has 4 nitrogen and oxygen atoms in total. The number of rotatable bonds is 2. The number of fused-ring (bicyclic) bond motifs is 1. The van der Waals surface area contributed by atoms with Crippen LogP contribution in [-0.2, 0) is 4.79 Å². The summed E-state index contributed by atoms with van der Waals surface area (Å²) in [6.45, 7) is 3.58. The average Bonchev–Trinajstić information content (AvgIpc) is 2.53. The number of aromatic nitrogens is 1. The molecule has 0 N–H and O–H groups in total. The normalized spacial score (nSPS) is 16.0. The Morgan fingerprint density at radius 3 is 2.73 bits per heavy atom. The molecule has 1 aromatic carbocycles. The van der Waals surface area contributed by atoms with Gasteiger partial charge in [-0.15, -0.1) is 0 Å². The molecule has 0 atom stereocenters. The van der Waals surface area contributed by atoms with Crippen LogP contribution >= 0.6 is 15.9 Å². The third kappa shape index (κ3) is 2.95. The van der Waals surface area contributed by atoms with Gasteiger partial charge in [-0.1, -0.05) is 15.9 Å². The van der Waals surface area contributed by atoms with E-state index >= 15 is 0 Å². The molecule has 22 heavy (non-hydrogen) atoms. The lowest BCUT2D eigenvalue weighted by Gasteiger charge is -2.37. The maximum absolute atomic E-state index is 11.5. The fourth-order valence-electron chi connectivity index (χ4n) is 3.13. The summed E-state index contributed by atoms with van der Waals surface area (Å²) in [4.78, 5) is 20.2. The predicted octanol–water partition coefficient (Wildman–Crippen LogP) is 3.44. The van der Waals surface area contributed by atoms with E-state index in [1.807, 2.05) is 18.1 Å². The van der Waals surface area contributed by atoms with Crippen LogP contribution in [-0.4, -0.2) is 42.0 Å². The summed E-state index contributed by atoms with van der Waals surface area (Å²) in [6, 6.07) is 8.68. The molecule has 1 amide bonds. The van der Waals surface area contributed by atoms with Crippen molar-refractivity contribution in [3.8, 4) is 0 Å². The molecular weight excluding hydrogens is 342 g/mol. The Balaban J connectivity index is 1.81. The van der Waals surface area contributed by atoms with Crippen molar-refractivity contribution >= 4 is 38.4 Å². The van der Waals surface area contributed by atoms with Gasteiger partial charge in [0.25, 0.3) is 0 Å². The van der Waals surface area contributed by atoms with Crippen LogP contribution < -0.4 is 4.90 Å². The van der Waals surface area contributed by atoms with Gasteiger partial charge in [0.15, 0.2) is 0 Å². The highest BCUT2D eigenvalue weighted by Gasteiger charge is 2.24. The standard InChI is InChI=1S/C17H20BrN3O/c1-12(22)20(2)14-6-9-21(10-7-14)17-5-8-19-16-11-13(18)3-4-15(16)17/h3-5,8,11,14H,6-7,9-10H2,1-2H3. The Hall–Kier alpha value is -1.62. The fourth-order valence-corrected chi connectivity index (χ4v) is 3.48. The molecule has 0 saturated carbocycles. The van der Waals surface area contributed by atoms with Gasteiger partial charge in [-0.05, 0) is 37.1 Å². The van der Waals surface area contributed by atoms with Gasteiger partial charge < -0.3 is 9.80 Å². The maximum Gasteiger partial charge on any atom is 0.219 e. The highest BCUT2D eigenvalue weighted by Crippen LogP contribution is 2.30. The van der Waals surface area contributed by atoms with Gasteiger partial charge in [0.05, 0.1) is 5.52 Å². The topological polar surface area (TPSA) is 36.4 Å². The van der Waals surface area contributed by atoms with E-state index in [2.05, 4.69) is 50.1 Å². The van der Waals surface area contributed by atoms with E-state index in [0.717, 1.165) is 35.9 Å². The number of piperidine rings is 1. The summed E-state index contributed by atoms with van der Waals surface area (Å²) in [5.74, 6) is 0.151. The monoisotopic (exact) mass is 361 g/mol. The minimum Gasteiger partial charge on any atom is -0.371 e. The summed E-state index contributed by atoms with van der Waals surface area (Å²) < 4.78 is 1.05. The molecule has 0 radical (unpaired) electrons. The van der Waals surface area contributed by atoms with E-state index < -0.39 is 0 Å². The fraction of sp³-hybridized carbons (Fsp3) is 0.412. The highest BCUT2D eigenvalue weighted by atomic mass is 79.9. The quantitative estimate of drug-likeness (QED) is 0.821. The number of carbonyl (C=O) groups excluding carboxylic acids is 1. The first kappa shape index (κ1) is 15.3. The zero-order chi connectivity index (χ0) is 15.7. The molecule has 0 spiro atoms. The molecule has 0 bridgehead atoms. The van der Waals surface area contributed by atoms with Crippen molar-refractivity contribution in [2.75, 3.05) is 25.0 Å². The lowest BCUT2D eigenvalue weighted by Crippen LogP contribution is -2.45. The first-order chi connectivity index (χ1) is 10.6. The van der Waals surface area contributed by atoms with Gasteiger partial charge in [0, 0.05) is 54.8 Å². The Kier molecular flexibility index (Phi) is 4.34. The van der Waals surface area contributed by atoms with Crippen molar-refractivity contribution in [1.82, 2.24) is 9.88 Å². The molecule has 2 heterocycles. The largest absolute Gasteiger partial charge is 0.371 e. The number of hydrogen-bond acceptors (Lipinski definition) is 3. The number of amides is 1. The van der Waals surface area contributed by atoms with E-state index in [9.17, 15) is 4.79 Å². The van der Waals surface area contributed by atoms with Crippen molar-refractivity contribution in [2.45, 2.75) is 25.8 Å². The van der Waals surface area contributed by atoms with E-state index in [0.29, 0.717) is 6.04 Å². The van der Waals surface area contributed by atoms with Crippen LogP contribution in [0.4, 0.5) is 5.69 Å². The summed E-state index contributed by atoms with van der Waals surface area (Å²) in [6.07, 6.45) is 3.89. The van der Waals surface area contributed by atoms with Gasteiger partial charge >= 0.3 is 0 Å². The van der Waals surface area contributed by atoms with Crippen molar-refractivity contribution in [3.63, 3.8) is 0 Å². The molecule has 5 heteroatoms. The van der Waals surface area contributed by atoms with Crippen LogP contribution in [0.3, 0.4) is 0 Å². The number of benzene rings is 1. The summed E-state index contributed by atoms with van der Waals surface area (Å²) in [5.41, 5.74) is 2.25. The predicted molar refractivity (Wildman–Crippen MR) is 93.1 cm³/mol. The molecule has 3 rings (SSSR count). The lowest BCUT2D eigenvalue weighted by atomic mass is 10.0. The smallest absolute Gasteiger partial charge is 0.219 e. The van der Waals surface area contributed by atoms with Gasteiger partial charge in [0.2, 0.25) is 5.91 Å². The van der Waals surface area contributed by atoms with E-state index in [4.69, 9.17) is 0 Å². The molecule has 116 valence electrons. The van der Waals surface area contributed by atoms with Gasteiger partial charge in [0.1, 0.15) is 0 Å². The number of hydrogen-bond donors (Lipinski definition) is 0. The first-order valence-corrected chi connectivity index (χ1v) is 8.38. The van der Waals surface area contributed by atoms with Crippen LogP contribution in [0.25, 0.3) is 10.9 Å². The molecule has 1 saturated heterocycles. The zero-order valence-electron chi connectivity index (χ0n) is 12.9. The van der Waals surface area contributed by atoms with Crippen LogP contribution in [0, 0.1) is 0 Å². The molecule has 1 aliphatic rings. The molecule has 2 aromatic rings. The van der Waals surface area contributed by atoms with Gasteiger partial charge in [-0.2, -0.15) is 0 Å². The number of nitrogens with zero attached hydrogens (tertiary/aromatic N) is 3. The second kappa shape index (κ2) is 6.24. The van der Waals surface area contributed by atoms with Crippen molar-refractivity contribution in [2.24, 2.45) is 0 Å². The lowest BCUT2D eigenvalue weighted by molar-refractivity contribution is -0.129. The van der Waals surface area contributed by atoms with E-state index in [1.54, 1.807) is 6.92 Å². The summed E-state index contributed by atoms with van der Waals surface area (Å²) in [5, 5.41) is 1.18. The minimum atomic E-state index is 0.151. The zero-order valence-corrected chi connectivity index (χ0v) is 14.5. The van der Waals surface area contributed by atoms with E-state index in [-0.39, 0.29) is 5.91 Å². The maximum atomic E-state index is 11.5. The molecule has 1 aliphatic heterocycles. The SMILES string of the molecule is CC(=O)N(C)C1CCN(c2ccnc3cc(Br)ccc23)CC1. The van der Waals surface area contributed by atoms with Crippen molar-refractivity contribution in [1.29, 1.82) is 0 Å². The Morgan fingerprint density at radius 1 is 1.32 bits per heavy atom. The third-order valence-electron chi connectivity index (χ3n) is 4.53. The minimum absolute atomic E-state index is 0.151. The van der Waals surface area contributed by atoms with E-state index in [1.165, 1.54) is 11.1 Å². The first-order valence-electron chi connectivity index (χ1n) is 7.59. The van der Waals surface area contributed by atoms with Crippen LogP contribution in [0.15, 0.2) is 34.9 Å². The number of pyridine rings is 1. The summed E-state index contributed by atoms with van der Waals surface area (Å²) >= 11 is 3.50. The summed E-state index contributed by atoms with van der Waals surface area (Å²) in [7, 11) is 1.90. The van der Waals surface area contributed by atoms with Gasteiger partial charge in [-0.3, -0.25) is 9.78 Å². The number of halogens is 1. The number of carbonyl (C=O) groups is 1. The second-order valence-electron chi connectivity index (χ2n) is 5.84. The average molecular weight is 362 g/mol. The van der Waals surface area contributed by atoms with Crippen LogP contribution in [0.1, 0.15) is 19.8 Å². The van der Waals surface area contributed by atoms with Crippen molar-refractivity contribution < 1.29 is 4.79 Å². The molecule has 0 aliphatic carbocycles. The highest BCUT2D eigenvalue weighted by molar-refractivity contribution is 9.10. The van der Waals surface area contributed by atoms with Crippen LogP contribution in [0.2, 0.25) is 0 Å². The Labute approximate surface area is 139 Å². The van der Waals surface area contributed by atoms with Crippen molar-refractivity contribution in [3.05, 3.63) is 34.9 Å². The van der Waals surface area contributed by atoms with Gasteiger partial charge in [-0.25, -0.2) is 0 Å². The Morgan fingerprint density at radius 2 is 2.05 bits per heavy atom. The molecular formula is C17H20BrN3O.